The van der Waals surface area contributed by atoms with Crippen LogP contribution in [0.5, 0.6) is 5.75 Å². The normalized spacial score (nSPS) is 10.1. The van der Waals surface area contributed by atoms with Gasteiger partial charge in [0.15, 0.2) is 0 Å². The molecule has 0 unspecified atom stereocenters. The van der Waals surface area contributed by atoms with Crippen molar-refractivity contribution in [1.82, 2.24) is 4.90 Å². The minimum absolute atomic E-state index is 0.0513. The molecule has 1 rings (SSSR count). The van der Waals surface area contributed by atoms with Gasteiger partial charge in [-0.2, -0.15) is 5.26 Å². The predicted octanol–water partition coefficient (Wildman–Crippen LogP) is 2.39. The molecule has 0 radical (unpaired) electrons. The molecule has 0 aliphatic rings. The molecule has 0 aromatic heterocycles. The maximum Gasteiger partial charge on any atom is 0.227 e. The average molecular weight is 260 g/mol. The molecule has 1 aromatic rings. The Hall–Kier alpha value is -2.02. The van der Waals surface area contributed by atoms with Crippen LogP contribution in [0.2, 0.25) is 0 Å². The Labute approximate surface area is 114 Å². The number of hydrogen-bond donors (Lipinski definition) is 0. The van der Waals surface area contributed by atoms with E-state index in [1.807, 2.05) is 38.1 Å². The minimum Gasteiger partial charge on any atom is -0.497 e. The van der Waals surface area contributed by atoms with Gasteiger partial charge in [0.25, 0.3) is 0 Å². The lowest BCUT2D eigenvalue weighted by Crippen LogP contribution is -2.38. The van der Waals surface area contributed by atoms with Crippen LogP contribution >= 0.6 is 0 Å². The van der Waals surface area contributed by atoms with Gasteiger partial charge < -0.3 is 9.64 Å². The highest BCUT2D eigenvalue weighted by Crippen LogP contribution is 2.13. The number of rotatable bonds is 6. The van der Waals surface area contributed by atoms with Gasteiger partial charge in [-0.1, -0.05) is 12.1 Å². The first-order chi connectivity index (χ1) is 9.08. The first-order valence-corrected chi connectivity index (χ1v) is 6.37. The van der Waals surface area contributed by atoms with E-state index in [9.17, 15) is 4.79 Å². The Kier molecular flexibility index (Phi) is 5.87. The maximum atomic E-state index is 12.2. The fraction of sp³-hybridized carbons (Fsp3) is 0.467. The zero-order valence-electron chi connectivity index (χ0n) is 11.7. The second-order valence-electron chi connectivity index (χ2n) is 4.61. The van der Waals surface area contributed by atoms with Crippen molar-refractivity contribution in [2.24, 2.45) is 0 Å². The van der Waals surface area contributed by atoms with Gasteiger partial charge in [-0.05, 0) is 31.5 Å². The number of benzene rings is 1. The molecule has 4 heteroatoms. The van der Waals surface area contributed by atoms with E-state index in [-0.39, 0.29) is 11.9 Å². The Balaban J connectivity index is 2.67. The lowest BCUT2D eigenvalue weighted by atomic mass is 10.1. The molecule has 0 aliphatic heterocycles. The molecule has 0 saturated carbocycles. The van der Waals surface area contributed by atoms with E-state index in [0.717, 1.165) is 11.3 Å². The van der Waals surface area contributed by atoms with Gasteiger partial charge in [-0.15, -0.1) is 0 Å². The summed E-state index contributed by atoms with van der Waals surface area (Å²) in [4.78, 5) is 13.9. The molecule has 0 aliphatic carbocycles. The van der Waals surface area contributed by atoms with Crippen LogP contribution in [0.25, 0.3) is 0 Å². The second kappa shape index (κ2) is 7.42. The van der Waals surface area contributed by atoms with Crippen LogP contribution < -0.4 is 4.74 Å². The standard InChI is InChI=1S/C15H20N2O2/c1-12(2)17(10-4-9-16)15(18)11-13-5-7-14(19-3)8-6-13/h5-8,12H,4,10-11H2,1-3H3. The van der Waals surface area contributed by atoms with Crippen LogP contribution in [0.1, 0.15) is 25.8 Å². The average Bonchev–Trinajstić information content (AvgIpc) is 2.39. The van der Waals surface area contributed by atoms with Crippen LogP contribution in [0, 0.1) is 11.3 Å². The number of carbonyl (C=O) groups is 1. The number of hydrogen-bond acceptors (Lipinski definition) is 3. The van der Waals surface area contributed by atoms with Crippen molar-refractivity contribution >= 4 is 5.91 Å². The van der Waals surface area contributed by atoms with Crippen molar-refractivity contribution in [2.45, 2.75) is 32.7 Å². The molecular weight excluding hydrogens is 240 g/mol. The fourth-order valence-corrected chi connectivity index (χ4v) is 1.86. The molecule has 0 spiro atoms. The third kappa shape index (κ3) is 4.63. The molecule has 0 saturated heterocycles. The first kappa shape index (κ1) is 15.0. The van der Waals surface area contributed by atoms with Gasteiger partial charge >= 0.3 is 0 Å². The van der Waals surface area contributed by atoms with Crippen LogP contribution in [0.4, 0.5) is 0 Å². The van der Waals surface area contributed by atoms with E-state index in [1.54, 1.807) is 12.0 Å². The number of nitrogens with zero attached hydrogens (tertiary/aromatic N) is 2. The van der Waals surface area contributed by atoms with Crippen molar-refractivity contribution in [1.29, 1.82) is 5.26 Å². The molecule has 1 amide bonds. The zero-order chi connectivity index (χ0) is 14.3. The third-order valence-electron chi connectivity index (χ3n) is 2.92. The van der Waals surface area contributed by atoms with Crippen LogP contribution in [0.3, 0.4) is 0 Å². The van der Waals surface area contributed by atoms with Gasteiger partial charge in [-0.25, -0.2) is 0 Å². The Morgan fingerprint density at radius 3 is 2.47 bits per heavy atom. The summed E-state index contributed by atoms with van der Waals surface area (Å²) in [6.07, 6.45) is 0.722. The van der Waals surface area contributed by atoms with Gasteiger partial charge in [0, 0.05) is 12.6 Å². The summed E-state index contributed by atoms with van der Waals surface area (Å²) >= 11 is 0. The lowest BCUT2D eigenvalue weighted by Gasteiger charge is -2.26. The number of carbonyl (C=O) groups excluding carboxylic acids is 1. The summed E-state index contributed by atoms with van der Waals surface area (Å²) in [5.74, 6) is 0.830. The van der Waals surface area contributed by atoms with Gasteiger partial charge in [-0.3, -0.25) is 4.79 Å². The van der Waals surface area contributed by atoms with Crippen molar-refractivity contribution in [2.75, 3.05) is 13.7 Å². The van der Waals surface area contributed by atoms with Gasteiger partial charge in [0.05, 0.1) is 26.0 Å². The molecule has 4 nitrogen and oxygen atoms in total. The van der Waals surface area contributed by atoms with Gasteiger partial charge in [0.2, 0.25) is 5.91 Å². The van der Waals surface area contributed by atoms with Crippen molar-refractivity contribution in [3.63, 3.8) is 0 Å². The molecular formula is C15H20N2O2. The van der Waals surface area contributed by atoms with E-state index >= 15 is 0 Å². The highest BCUT2D eigenvalue weighted by atomic mass is 16.5. The molecule has 0 heterocycles. The minimum atomic E-state index is 0.0513. The fourth-order valence-electron chi connectivity index (χ4n) is 1.86. The number of ether oxygens (including phenoxy) is 1. The molecule has 102 valence electrons. The van der Waals surface area contributed by atoms with E-state index in [1.165, 1.54) is 0 Å². The highest BCUT2D eigenvalue weighted by molar-refractivity contribution is 5.79. The monoisotopic (exact) mass is 260 g/mol. The SMILES string of the molecule is COc1ccc(CC(=O)N(CCC#N)C(C)C)cc1. The summed E-state index contributed by atoms with van der Waals surface area (Å²) < 4.78 is 5.08. The predicted molar refractivity (Wildman–Crippen MR) is 73.8 cm³/mol. The van der Waals surface area contributed by atoms with E-state index in [4.69, 9.17) is 10.00 Å². The maximum absolute atomic E-state index is 12.2. The largest absolute Gasteiger partial charge is 0.497 e. The molecule has 1 aromatic carbocycles. The van der Waals surface area contributed by atoms with Gasteiger partial charge in [0.1, 0.15) is 5.75 Å². The summed E-state index contributed by atoms with van der Waals surface area (Å²) in [6.45, 7) is 4.41. The summed E-state index contributed by atoms with van der Waals surface area (Å²) in [6, 6.07) is 9.65. The van der Waals surface area contributed by atoms with Crippen LogP contribution in [-0.4, -0.2) is 30.5 Å². The van der Waals surface area contributed by atoms with Crippen molar-refractivity contribution in [3.05, 3.63) is 29.8 Å². The number of amides is 1. The van der Waals surface area contributed by atoms with Crippen LogP contribution in [0.15, 0.2) is 24.3 Å². The molecule has 0 atom stereocenters. The molecule has 19 heavy (non-hydrogen) atoms. The van der Waals surface area contributed by atoms with E-state index in [2.05, 4.69) is 6.07 Å². The first-order valence-electron chi connectivity index (χ1n) is 6.37. The zero-order valence-corrected chi connectivity index (χ0v) is 11.7. The molecule has 0 N–H and O–H groups in total. The molecule has 0 bridgehead atoms. The van der Waals surface area contributed by atoms with Crippen LogP contribution in [-0.2, 0) is 11.2 Å². The van der Waals surface area contributed by atoms with Crippen molar-refractivity contribution < 1.29 is 9.53 Å². The summed E-state index contributed by atoms with van der Waals surface area (Å²) in [5.41, 5.74) is 0.952. The Bertz CT molecular complexity index is 446. The summed E-state index contributed by atoms with van der Waals surface area (Å²) in [5, 5.41) is 8.62. The Morgan fingerprint density at radius 1 is 1.37 bits per heavy atom. The highest BCUT2D eigenvalue weighted by Gasteiger charge is 2.16. The second-order valence-corrected chi connectivity index (χ2v) is 4.61. The lowest BCUT2D eigenvalue weighted by molar-refractivity contribution is -0.132. The topological polar surface area (TPSA) is 53.3 Å². The molecule has 0 fully saturated rings. The third-order valence-corrected chi connectivity index (χ3v) is 2.92. The Morgan fingerprint density at radius 2 is 2.00 bits per heavy atom. The number of nitriles is 1. The van der Waals surface area contributed by atoms with E-state index < -0.39 is 0 Å². The summed E-state index contributed by atoms with van der Waals surface area (Å²) in [7, 11) is 1.61. The number of methoxy groups -OCH3 is 1. The quantitative estimate of drug-likeness (QED) is 0.789. The van der Waals surface area contributed by atoms with E-state index in [0.29, 0.717) is 19.4 Å². The smallest absolute Gasteiger partial charge is 0.227 e. The van der Waals surface area contributed by atoms with Crippen molar-refractivity contribution in [3.8, 4) is 11.8 Å².